The molecule has 0 aliphatic heterocycles. The minimum absolute atomic E-state index is 0.0700. The summed E-state index contributed by atoms with van der Waals surface area (Å²) in [6.07, 6.45) is 5.90. The Bertz CT molecular complexity index is 314. The van der Waals surface area contributed by atoms with Crippen LogP contribution in [0.3, 0.4) is 0 Å². The first kappa shape index (κ1) is 8.29. The molecule has 1 aliphatic carbocycles. The summed E-state index contributed by atoms with van der Waals surface area (Å²) in [5.41, 5.74) is 0. The molecule has 70 valence electrons. The fourth-order valence-corrected chi connectivity index (χ4v) is 1.22. The number of hydrogen-bond acceptors (Lipinski definition) is 2. The molecular formula is C9H13N3O. The van der Waals surface area contributed by atoms with Gasteiger partial charge < -0.3 is 9.88 Å². The van der Waals surface area contributed by atoms with E-state index in [4.69, 9.17) is 0 Å². The molecule has 2 rings (SSSR count). The van der Waals surface area contributed by atoms with Crippen LogP contribution in [0, 0.1) is 5.92 Å². The van der Waals surface area contributed by atoms with Crippen molar-refractivity contribution in [3.05, 3.63) is 18.2 Å². The third-order valence-electron chi connectivity index (χ3n) is 2.27. The van der Waals surface area contributed by atoms with E-state index in [0.29, 0.717) is 11.7 Å². The zero-order valence-electron chi connectivity index (χ0n) is 7.66. The van der Waals surface area contributed by atoms with Crippen LogP contribution in [-0.2, 0) is 7.05 Å². The number of carbonyl (C=O) groups excluding carboxylic acids is 1. The highest BCUT2D eigenvalue weighted by Crippen LogP contribution is 2.27. The molecule has 13 heavy (non-hydrogen) atoms. The van der Waals surface area contributed by atoms with Gasteiger partial charge in [0.15, 0.2) is 5.82 Å². The summed E-state index contributed by atoms with van der Waals surface area (Å²) in [6, 6.07) is 0. The normalized spacial score (nSPS) is 15.8. The summed E-state index contributed by atoms with van der Waals surface area (Å²) in [5.74, 6) is 1.13. The van der Waals surface area contributed by atoms with E-state index >= 15 is 0 Å². The molecular weight excluding hydrogens is 166 g/mol. The molecule has 0 saturated heterocycles. The van der Waals surface area contributed by atoms with Crippen molar-refractivity contribution in [3.8, 4) is 0 Å². The molecule has 0 spiro atoms. The Morgan fingerprint density at radius 2 is 2.54 bits per heavy atom. The lowest BCUT2D eigenvalue weighted by Crippen LogP contribution is -2.27. The number of nitrogens with zero attached hydrogens (tertiary/aromatic N) is 2. The summed E-state index contributed by atoms with van der Waals surface area (Å²) in [6.45, 7) is 0.797. The van der Waals surface area contributed by atoms with Crippen molar-refractivity contribution in [2.75, 3.05) is 6.54 Å². The number of aromatic nitrogens is 2. The molecule has 1 amide bonds. The highest BCUT2D eigenvalue weighted by molar-refractivity contribution is 5.90. The van der Waals surface area contributed by atoms with Gasteiger partial charge in [-0.2, -0.15) is 0 Å². The maximum atomic E-state index is 11.5. The third-order valence-corrected chi connectivity index (χ3v) is 2.27. The summed E-state index contributed by atoms with van der Waals surface area (Å²) < 4.78 is 1.72. The Kier molecular flexibility index (Phi) is 2.04. The molecule has 1 heterocycles. The lowest BCUT2D eigenvalue weighted by Gasteiger charge is -2.02. The second-order valence-corrected chi connectivity index (χ2v) is 3.52. The second-order valence-electron chi connectivity index (χ2n) is 3.52. The van der Waals surface area contributed by atoms with E-state index < -0.39 is 0 Å². The molecule has 1 aromatic rings. The highest BCUT2D eigenvalue weighted by Gasteiger charge is 2.22. The predicted molar refractivity (Wildman–Crippen MR) is 48.3 cm³/mol. The lowest BCUT2D eigenvalue weighted by atomic mass is 10.4. The van der Waals surface area contributed by atoms with Crippen molar-refractivity contribution in [1.82, 2.24) is 14.9 Å². The van der Waals surface area contributed by atoms with Crippen molar-refractivity contribution >= 4 is 5.91 Å². The molecule has 1 saturated carbocycles. The van der Waals surface area contributed by atoms with Crippen molar-refractivity contribution in [2.45, 2.75) is 12.8 Å². The van der Waals surface area contributed by atoms with E-state index in [0.717, 1.165) is 6.54 Å². The highest BCUT2D eigenvalue weighted by atomic mass is 16.2. The Morgan fingerprint density at radius 1 is 1.77 bits per heavy atom. The van der Waals surface area contributed by atoms with Gasteiger partial charge >= 0.3 is 0 Å². The largest absolute Gasteiger partial charge is 0.349 e. The van der Waals surface area contributed by atoms with Crippen LogP contribution in [0.1, 0.15) is 23.5 Å². The molecule has 1 aliphatic rings. The Hall–Kier alpha value is -1.32. The smallest absolute Gasteiger partial charge is 0.287 e. The van der Waals surface area contributed by atoms with Crippen molar-refractivity contribution in [1.29, 1.82) is 0 Å². The number of carbonyl (C=O) groups is 1. The molecule has 4 nitrogen and oxygen atoms in total. The fraction of sp³-hybridized carbons (Fsp3) is 0.556. The van der Waals surface area contributed by atoms with Crippen molar-refractivity contribution in [2.24, 2.45) is 13.0 Å². The van der Waals surface area contributed by atoms with Crippen LogP contribution in [-0.4, -0.2) is 22.0 Å². The molecule has 1 aromatic heterocycles. The van der Waals surface area contributed by atoms with E-state index in [-0.39, 0.29) is 5.91 Å². The van der Waals surface area contributed by atoms with E-state index in [2.05, 4.69) is 10.3 Å². The number of aryl methyl sites for hydroxylation is 1. The molecule has 0 unspecified atom stereocenters. The van der Waals surface area contributed by atoms with Gasteiger partial charge in [0, 0.05) is 26.0 Å². The Morgan fingerprint density at radius 3 is 3.08 bits per heavy atom. The number of nitrogens with one attached hydrogen (secondary N) is 1. The molecule has 1 N–H and O–H groups in total. The summed E-state index contributed by atoms with van der Waals surface area (Å²) in [7, 11) is 1.82. The van der Waals surface area contributed by atoms with Gasteiger partial charge in [0.05, 0.1) is 0 Å². The lowest BCUT2D eigenvalue weighted by molar-refractivity contribution is 0.0938. The summed E-state index contributed by atoms with van der Waals surface area (Å²) in [4.78, 5) is 15.4. The van der Waals surface area contributed by atoms with Crippen LogP contribution >= 0.6 is 0 Å². The number of amides is 1. The maximum Gasteiger partial charge on any atom is 0.287 e. The van der Waals surface area contributed by atoms with Gasteiger partial charge in [0.25, 0.3) is 5.91 Å². The molecule has 0 aromatic carbocycles. The van der Waals surface area contributed by atoms with Crippen molar-refractivity contribution < 1.29 is 4.79 Å². The SMILES string of the molecule is Cn1ccnc1C(=O)NCC1CC1. The maximum absolute atomic E-state index is 11.5. The first-order valence-corrected chi connectivity index (χ1v) is 4.53. The average molecular weight is 179 g/mol. The summed E-state index contributed by atoms with van der Waals surface area (Å²) >= 11 is 0. The topological polar surface area (TPSA) is 46.9 Å². The van der Waals surface area contributed by atoms with Crippen molar-refractivity contribution in [3.63, 3.8) is 0 Å². The van der Waals surface area contributed by atoms with Crippen LogP contribution in [0.4, 0.5) is 0 Å². The minimum atomic E-state index is -0.0700. The second kappa shape index (κ2) is 3.20. The van der Waals surface area contributed by atoms with Crippen LogP contribution in [0.2, 0.25) is 0 Å². The molecule has 1 fully saturated rings. The van der Waals surface area contributed by atoms with Gasteiger partial charge in [-0.3, -0.25) is 4.79 Å². The monoisotopic (exact) mass is 179 g/mol. The van der Waals surface area contributed by atoms with E-state index in [1.54, 1.807) is 17.0 Å². The van der Waals surface area contributed by atoms with Crippen LogP contribution in [0.5, 0.6) is 0 Å². The predicted octanol–water partition coefficient (Wildman–Crippen LogP) is 0.560. The van der Waals surface area contributed by atoms with Gasteiger partial charge in [-0.25, -0.2) is 4.98 Å². The third kappa shape index (κ3) is 1.88. The van der Waals surface area contributed by atoms with Crippen LogP contribution in [0.25, 0.3) is 0 Å². The van der Waals surface area contributed by atoms with Gasteiger partial charge in [-0.15, -0.1) is 0 Å². The number of hydrogen-bond donors (Lipinski definition) is 1. The number of imidazole rings is 1. The van der Waals surface area contributed by atoms with Crippen LogP contribution < -0.4 is 5.32 Å². The van der Waals surface area contributed by atoms with E-state index in [9.17, 15) is 4.79 Å². The first-order valence-electron chi connectivity index (χ1n) is 4.53. The summed E-state index contributed by atoms with van der Waals surface area (Å²) in [5, 5.41) is 2.87. The Balaban J connectivity index is 1.92. The molecule has 4 heteroatoms. The molecule has 0 bridgehead atoms. The van der Waals surface area contributed by atoms with Gasteiger partial charge in [0.2, 0.25) is 0 Å². The molecule has 0 atom stereocenters. The fourth-order valence-electron chi connectivity index (χ4n) is 1.22. The van der Waals surface area contributed by atoms with Gasteiger partial charge in [-0.05, 0) is 18.8 Å². The average Bonchev–Trinajstić information content (AvgIpc) is 2.84. The quantitative estimate of drug-likeness (QED) is 0.737. The molecule has 0 radical (unpaired) electrons. The van der Waals surface area contributed by atoms with Crippen LogP contribution in [0.15, 0.2) is 12.4 Å². The Labute approximate surface area is 77.0 Å². The zero-order valence-corrected chi connectivity index (χ0v) is 7.66. The van der Waals surface area contributed by atoms with E-state index in [1.807, 2.05) is 7.05 Å². The standard InChI is InChI=1S/C9H13N3O/c1-12-5-4-10-8(12)9(13)11-6-7-2-3-7/h4-5,7H,2-3,6H2,1H3,(H,11,13). The van der Waals surface area contributed by atoms with E-state index in [1.165, 1.54) is 12.8 Å². The van der Waals surface area contributed by atoms with Gasteiger partial charge in [0.1, 0.15) is 0 Å². The number of rotatable bonds is 3. The minimum Gasteiger partial charge on any atom is -0.349 e. The zero-order chi connectivity index (χ0) is 9.26. The first-order chi connectivity index (χ1) is 6.27. The van der Waals surface area contributed by atoms with Gasteiger partial charge in [-0.1, -0.05) is 0 Å².